The standard InChI is InChI=1S/C22H21N3O2S/c1-13-14(2)28-22(23-13)24-20(26)18-16-11-7-8-12-17(16)21(27)25(3)19(18)15-9-5-4-6-10-15/h4-12,18-19H,1-3H3,(H,23,24,26)/t18-,19-/m1/s1. The number of aromatic nitrogens is 1. The van der Waals surface area contributed by atoms with Crippen molar-refractivity contribution in [3.63, 3.8) is 0 Å². The Kier molecular flexibility index (Phi) is 4.73. The Balaban J connectivity index is 1.80. The van der Waals surface area contributed by atoms with Gasteiger partial charge in [0, 0.05) is 17.5 Å². The molecule has 3 aromatic rings. The second-order valence-electron chi connectivity index (χ2n) is 6.99. The number of anilines is 1. The van der Waals surface area contributed by atoms with Crippen LogP contribution in [0.2, 0.25) is 0 Å². The van der Waals surface area contributed by atoms with Crippen molar-refractivity contribution < 1.29 is 9.59 Å². The number of hydrogen-bond donors (Lipinski definition) is 1. The minimum Gasteiger partial charge on any atom is -0.334 e. The van der Waals surface area contributed by atoms with Crippen LogP contribution in [0.15, 0.2) is 54.6 Å². The molecule has 4 rings (SSSR count). The number of aryl methyl sites for hydroxylation is 2. The summed E-state index contributed by atoms with van der Waals surface area (Å²) in [4.78, 5) is 33.5. The quantitative estimate of drug-likeness (QED) is 0.724. The molecule has 1 aliphatic rings. The van der Waals surface area contributed by atoms with Crippen molar-refractivity contribution in [1.29, 1.82) is 0 Å². The Labute approximate surface area is 168 Å². The highest BCUT2D eigenvalue weighted by Gasteiger charge is 2.42. The zero-order valence-corrected chi connectivity index (χ0v) is 16.8. The molecule has 5 nitrogen and oxygen atoms in total. The summed E-state index contributed by atoms with van der Waals surface area (Å²) in [6.07, 6.45) is 0. The fourth-order valence-electron chi connectivity index (χ4n) is 3.73. The molecular weight excluding hydrogens is 370 g/mol. The van der Waals surface area contributed by atoms with Crippen molar-refractivity contribution in [2.75, 3.05) is 12.4 Å². The van der Waals surface area contributed by atoms with Crippen LogP contribution < -0.4 is 5.32 Å². The molecule has 1 aliphatic heterocycles. The Morgan fingerprint density at radius 1 is 1.07 bits per heavy atom. The zero-order chi connectivity index (χ0) is 19.8. The van der Waals surface area contributed by atoms with E-state index >= 15 is 0 Å². The maximum absolute atomic E-state index is 13.4. The normalized spacial score (nSPS) is 18.7. The van der Waals surface area contributed by atoms with E-state index in [-0.39, 0.29) is 17.9 Å². The van der Waals surface area contributed by atoms with Crippen LogP contribution in [0.1, 0.15) is 44.0 Å². The van der Waals surface area contributed by atoms with Gasteiger partial charge in [0.05, 0.1) is 17.7 Å². The molecule has 142 valence electrons. The molecule has 2 heterocycles. The lowest BCUT2D eigenvalue weighted by molar-refractivity contribution is -0.119. The second kappa shape index (κ2) is 7.20. The molecule has 1 aromatic heterocycles. The Hall–Kier alpha value is -2.99. The maximum atomic E-state index is 13.4. The number of nitrogens with zero attached hydrogens (tertiary/aromatic N) is 2. The lowest BCUT2D eigenvalue weighted by Gasteiger charge is -2.39. The number of rotatable bonds is 3. The van der Waals surface area contributed by atoms with Crippen molar-refractivity contribution in [3.05, 3.63) is 81.9 Å². The van der Waals surface area contributed by atoms with Crippen LogP contribution in [-0.2, 0) is 4.79 Å². The number of likely N-dealkylation sites (N-methyl/N-ethyl adjacent to an activating group) is 1. The average molecular weight is 391 g/mol. The first kappa shape index (κ1) is 18.4. The summed E-state index contributed by atoms with van der Waals surface area (Å²) in [7, 11) is 1.76. The van der Waals surface area contributed by atoms with E-state index in [0.717, 1.165) is 21.7 Å². The molecule has 28 heavy (non-hydrogen) atoms. The van der Waals surface area contributed by atoms with Gasteiger partial charge in [-0.25, -0.2) is 4.98 Å². The molecule has 2 amide bonds. The third kappa shape index (κ3) is 3.10. The van der Waals surface area contributed by atoms with E-state index in [2.05, 4.69) is 10.3 Å². The molecular formula is C22H21N3O2S. The summed E-state index contributed by atoms with van der Waals surface area (Å²) >= 11 is 1.46. The van der Waals surface area contributed by atoms with Crippen molar-refractivity contribution in [2.24, 2.45) is 0 Å². The molecule has 2 aromatic carbocycles. The first-order valence-corrected chi connectivity index (χ1v) is 9.95. The van der Waals surface area contributed by atoms with Gasteiger partial charge in [-0.2, -0.15) is 0 Å². The summed E-state index contributed by atoms with van der Waals surface area (Å²) in [6.45, 7) is 3.91. The summed E-state index contributed by atoms with van der Waals surface area (Å²) in [5.41, 5.74) is 3.17. The molecule has 0 bridgehead atoms. The number of hydrogen-bond acceptors (Lipinski definition) is 4. The van der Waals surface area contributed by atoms with Crippen LogP contribution in [0.5, 0.6) is 0 Å². The van der Waals surface area contributed by atoms with Gasteiger partial charge >= 0.3 is 0 Å². The van der Waals surface area contributed by atoms with Crippen LogP contribution in [0, 0.1) is 13.8 Å². The zero-order valence-electron chi connectivity index (χ0n) is 16.0. The highest BCUT2D eigenvalue weighted by molar-refractivity contribution is 7.15. The minimum absolute atomic E-state index is 0.0746. The SMILES string of the molecule is Cc1nc(NC(=O)[C@@H]2c3ccccc3C(=O)N(C)[C@@H]2c2ccccc2)sc1C. The molecule has 2 atom stereocenters. The van der Waals surface area contributed by atoms with Crippen LogP contribution in [0.3, 0.4) is 0 Å². The molecule has 0 saturated carbocycles. The van der Waals surface area contributed by atoms with Crippen LogP contribution >= 0.6 is 11.3 Å². The highest BCUT2D eigenvalue weighted by atomic mass is 32.1. The van der Waals surface area contributed by atoms with Gasteiger partial charge in [-0.1, -0.05) is 48.5 Å². The number of amides is 2. The van der Waals surface area contributed by atoms with Crippen LogP contribution in [-0.4, -0.2) is 28.7 Å². The maximum Gasteiger partial charge on any atom is 0.254 e. The van der Waals surface area contributed by atoms with Gasteiger partial charge in [0.15, 0.2) is 5.13 Å². The van der Waals surface area contributed by atoms with Gasteiger partial charge in [0.25, 0.3) is 5.91 Å². The smallest absolute Gasteiger partial charge is 0.254 e. The third-order valence-electron chi connectivity index (χ3n) is 5.26. The molecule has 0 unspecified atom stereocenters. The summed E-state index contributed by atoms with van der Waals surface area (Å²) in [5, 5.41) is 3.57. The Morgan fingerprint density at radius 2 is 1.75 bits per heavy atom. The van der Waals surface area contributed by atoms with Gasteiger partial charge in [-0.3, -0.25) is 9.59 Å². The molecule has 0 spiro atoms. The topological polar surface area (TPSA) is 62.3 Å². The van der Waals surface area contributed by atoms with E-state index in [1.165, 1.54) is 11.3 Å². The van der Waals surface area contributed by atoms with Crippen molar-refractivity contribution >= 4 is 28.3 Å². The summed E-state index contributed by atoms with van der Waals surface area (Å²) < 4.78 is 0. The number of carbonyl (C=O) groups is 2. The molecule has 6 heteroatoms. The van der Waals surface area contributed by atoms with Crippen molar-refractivity contribution in [1.82, 2.24) is 9.88 Å². The van der Waals surface area contributed by atoms with E-state index in [0.29, 0.717) is 10.7 Å². The van der Waals surface area contributed by atoms with Crippen LogP contribution in [0.4, 0.5) is 5.13 Å². The number of fused-ring (bicyclic) bond motifs is 1. The molecule has 0 radical (unpaired) electrons. The molecule has 1 N–H and O–H groups in total. The minimum atomic E-state index is -0.522. The van der Waals surface area contributed by atoms with Gasteiger partial charge in [0.2, 0.25) is 5.91 Å². The summed E-state index contributed by atoms with van der Waals surface area (Å²) in [6, 6.07) is 16.7. The van der Waals surface area contributed by atoms with Crippen LogP contribution in [0.25, 0.3) is 0 Å². The largest absolute Gasteiger partial charge is 0.334 e. The van der Waals surface area contributed by atoms with E-state index in [4.69, 9.17) is 0 Å². The number of carbonyl (C=O) groups excluding carboxylic acids is 2. The van der Waals surface area contributed by atoms with E-state index < -0.39 is 5.92 Å². The Morgan fingerprint density at radius 3 is 2.43 bits per heavy atom. The van der Waals surface area contributed by atoms with Gasteiger partial charge in [0.1, 0.15) is 0 Å². The fraction of sp³-hybridized carbons (Fsp3) is 0.227. The number of nitrogens with one attached hydrogen (secondary N) is 1. The number of benzene rings is 2. The van der Waals surface area contributed by atoms with E-state index in [9.17, 15) is 9.59 Å². The highest BCUT2D eigenvalue weighted by Crippen LogP contribution is 2.42. The second-order valence-corrected chi connectivity index (χ2v) is 8.19. The third-order valence-corrected chi connectivity index (χ3v) is 6.25. The predicted octanol–water partition coefficient (Wildman–Crippen LogP) is 4.31. The predicted molar refractivity (Wildman–Crippen MR) is 111 cm³/mol. The van der Waals surface area contributed by atoms with E-state index in [1.54, 1.807) is 18.0 Å². The first-order chi connectivity index (χ1) is 13.5. The lowest BCUT2D eigenvalue weighted by Crippen LogP contribution is -2.44. The molecule has 0 saturated heterocycles. The van der Waals surface area contributed by atoms with Gasteiger partial charge in [-0.15, -0.1) is 11.3 Å². The van der Waals surface area contributed by atoms with Gasteiger partial charge in [-0.05, 0) is 31.0 Å². The van der Waals surface area contributed by atoms with E-state index in [1.807, 2.05) is 62.4 Å². The van der Waals surface area contributed by atoms with Crippen molar-refractivity contribution in [2.45, 2.75) is 25.8 Å². The monoisotopic (exact) mass is 391 g/mol. The van der Waals surface area contributed by atoms with Gasteiger partial charge < -0.3 is 10.2 Å². The lowest BCUT2D eigenvalue weighted by atomic mass is 9.79. The average Bonchev–Trinajstić information content (AvgIpc) is 3.02. The summed E-state index contributed by atoms with van der Waals surface area (Å²) in [5.74, 6) is -0.755. The Bertz CT molecular complexity index is 1030. The first-order valence-electron chi connectivity index (χ1n) is 9.13. The number of thiazole rings is 1. The molecule has 0 fully saturated rings. The fourth-order valence-corrected chi connectivity index (χ4v) is 4.55. The molecule has 0 aliphatic carbocycles. The van der Waals surface area contributed by atoms with Crippen molar-refractivity contribution in [3.8, 4) is 0 Å².